The predicted octanol–water partition coefficient (Wildman–Crippen LogP) is 2.67. The van der Waals surface area contributed by atoms with E-state index in [1.165, 1.54) is 0 Å². The predicted molar refractivity (Wildman–Crippen MR) is 75.0 cm³/mol. The van der Waals surface area contributed by atoms with Crippen molar-refractivity contribution in [3.63, 3.8) is 0 Å². The fraction of sp³-hybridized carbons (Fsp3) is 0.714. The highest BCUT2D eigenvalue weighted by molar-refractivity contribution is 9.10. The first-order valence-electron chi connectivity index (χ1n) is 6.88. The monoisotopic (exact) mass is 329 g/mol. The molecule has 5 heteroatoms. The van der Waals surface area contributed by atoms with Crippen molar-refractivity contribution in [1.29, 1.82) is 0 Å². The van der Waals surface area contributed by atoms with Crippen LogP contribution in [0.4, 0.5) is 0 Å². The molecular weight excluding hydrogens is 310 g/mol. The summed E-state index contributed by atoms with van der Waals surface area (Å²) < 4.78 is 17.7. The Kier molecular flexibility index (Phi) is 4.27. The van der Waals surface area contributed by atoms with Crippen molar-refractivity contribution in [3.05, 3.63) is 22.6 Å². The van der Waals surface area contributed by atoms with Crippen molar-refractivity contribution in [1.82, 2.24) is 4.90 Å². The Balaban J connectivity index is 1.67. The van der Waals surface area contributed by atoms with Gasteiger partial charge >= 0.3 is 0 Å². The van der Waals surface area contributed by atoms with E-state index in [0.29, 0.717) is 0 Å². The van der Waals surface area contributed by atoms with Gasteiger partial charge in [0.15, 0.2) is 4.67 Å². The largest absolute Gasteiger partial charge is 0.453 e. The van der Waals surface area contributed by atoms with Gasteiger partial charge in [-0.2, -0.15) is 0 Å². The van der Waals surface area contributed by atoms with Gasteiger partial charge in [-0.15, -0.1) is 0 Å². The van der Waals surface area contributed by atoms with Crippen LogP contribution in [0.3, 0.4) is 0 Å². The molecule has 2 aliphatic rings. The van der Waals surface area contributed by atoms with Crippen molar-refractivity contribution >= 4 is 15.9 Å². The maximum absolute atomic E-state index is 5.82. The fourth-order valence-electron chi connectivity index (χ4n) is 2.98. The third-order valence-corrected chi connectivity index (χ3v) is 4.51. The standard InChI is InChI=1S/C14H20BrNO3/c15-13-2-1-12(19-13)9-16-5-8-18-11-14(10-16)3-6-17-7-4-14/h1-2H,3-11H2. The zero-order valence-corrected chi connectivity index (χ0v) is 12.7. The second-order valence-corrected chi connectivity index (χ2v) is 6.36. The number of ether oxygens (including phenoxy) is 2. The maximum atomic E-state index is 5.82. The molecule has 2 aliphatic heterocycles. The summed E-state index contributed by atoms with van der Waals surface area (Å²) >= 11 is 3.36. The molecule has 1 spiro atoms. The Morgan fingerprint density at radius 3 is 2.74 bits per heavy atom. The molecule has 106 valence electrons. The van der Waals surface area contributed by atoms with Crippen LogP contribution in [0, 0.1) is 5.41 Å². The van der Waals surface area contributed by atoms with Crippen molar-refractivity contribution in [3.8, 4) is 0 Å². The molecule has 0 radical (unpaired) electrons. The molecule has 0 unspecified atom stereocenters. The van der Waals surface area contributed by atoms with Gasteiger partial charge < -0.3 is 13.9 Å². The molecule has 3 rings (SSSR count). The topological polar surface area (TPSA) is 34.8 Å². The van der Waals surface area contributed by atoms with Crippen LogP contribution < -0.4 is 0 Å². The molecule has 0 amide bonds. The zero-order valence-electron chi connectivity index (χ0n) is 11.1. The minimum absolute atomic E-state index is 0.276. The van der Waals surface area contributed by atoms with Crippen LogP contribution >= 0.6 is 15.9 Å². The fourth-order valence-corrected chi connectivity index (χ4v) is 3.32. The summed E-state index contributed by atoms with van der Waals surface area (Å²) in [5, 5.41) is 0. The quantitative estimate of drug-likeness (QED) is 0.835. The van der Waals surface area contributed by atoms with Crippen molar-refractivity contribution < 1.29 is 13.9 Å². The van der Waals surface area contributed by atoms with Crippen molar-refractivity contribution in [2.75, 3.05) is 39.5 Å². The Morgan fingerprint density at radius 2 is 2.00 bits per heavy atom. The number of hydrogen-bond acceptors (Lipinski definition) is 4. The van der Waals surface area contributed by atoms with E-state index in [4.69, 9.17) is 13.9 Å². The van der Waals surface area contributed by atoms with E-state index >= 15 is 0 Å². The minimum atomic E-state index is 0.276. The highest BCUT2D eigenvalue weighted by atomic mass is 79.9. The van der Waals surface area contributed by atoms with E-state index in [2.05, 4.69) is 20.8 Å². The van der Waals surface area contributed by atoms with Crippen LogP contribution in [0.5, 0.6) is 0 Å². The van der Waals surface area contributed by atoms with Crippen LogP contribution in [0.2, 0.25) is 0 Å². The van der Waals surface area contributed by atoms with Gasteiger partial charge in [0, 0.05) is 31.7 Å². The Bertz CT molecular complexity index is 415. The van der Waals surface area contributed by atoms with E-state index in [-0.39, 0.29) is 5.41 Å². The first-order valence-corrected chi connectivity index (χ1v) is 7.67. The van der Waals surface area contributed by atoms with E-state index in [9.17, 15) is 0 Å². The Morgan fingerprint density at radius 1 is 1.16 bits per heavy atom. The van der Waals surface area contributed by atoms with E-state index in [1.807, 2.05) is 12.1 Å². The molecule has 0 bridgehead atoms. The van der Waals surface area contributed by atoms with Gasteiger partial charge in [0.2, 0.25) is 0 Å². The molecule has 0 saturated carbocycles. The highest BCUT2D eigenvalue weighted by Crippen LogP contribution is 2.33. The normalized spacial score (nSPS) is 24.5. The SMILES string of the molecule is Brc1ccc(CN2CCOCC3(CCOCC3)C2)o1. The Hall–Kier alpha value is -0.360. The second kappa shape index (κ2) is 5.95. The molecule has 4 nitrogen and oxygen atoms in total. The van der Waals surface area contributed by atoms with Crippen LogP contribution in [0.25, 0.3) is 0 Å². The summed E-state index contributed by atoms with van der Waals surface area (Å²) in [6.45, 7) is 6.32. The third kappa shape index (κ3) is 3.40. The number of hydrogen-bond donors (Lipinski definition) is 0. The summed E-state index contributed by atoms with van der Waals surface area (Å²) in [7, 11) is 0. The lowest BCUT2D eigenvalue weighted by Gasteiger charge is -2.38. The summed E-state index contributed by atoms with van der Waals surface area (Å²) in [5.41, 5.74) is 0.276. The number of nitrogens with zero attached hydrogens (tertiary/aromatic N) is 1. The first kappa shape index (κ1) is 13.6. The molecule has 2 fully saturated rings. The van der Waals surface area contributed by atoms with Crippen LogP contribution in [-0.2, 0) is 16.0 Å². The molecule has 19 heavy (non-hydrogen) atoms. The zero-order chi connectivity index (χ0) is 13.1. The van der Waals surface area contributed by atoms with Crippen LogP contribution in [0.1, 0.15) is 18.6 Å². The van der Waals surface area contributed by atoms with Crippen molar-refractivity contribution in [2.45, 2.75) is 19.4 Å². The third-order valence-electron chi connectivity index (χ3n) is 4.08. The average molecular weight is 330 g/mol. The van der Waals surface area contributed by atoms with E-state index < -0.39 is 0 Å². The van der Waals surface area contributed by atoms with Gasteiger partial charge in [0.05, 0.1) is 19.8 Å². The van der Waals surface area contributed by atoms with Crippen LogP contribution in [-0.4, -0.2) is 44.4 Å². The molecule has 0 aliphatic carbocycles. The summed E-state index contributed by atoms with van der Waals surface area (Å²) in [6.07, 6.45) is 2.21. The molecular formula is C14H20BrNO3. The van der Waals surface area contributed by atoms with E-state index in [1.54, 1.807) is 0 Å². The van der Waals surface area contributed by atoms with E-state index in [0.717, 1.165) is 69.3 Å². The Labute approximate surface area is 122 Å². The molecule has 1 aromatic heterocycles. The lowest BCUT2D eigenvalue weighted by Crippen LogP contribution is -2.42. The van der Waals surface area contributed by atoms with Gasteiger partial charge in [-0.05, 0) is 40.9 Å². The first-order chi connectivity index (χ1) is 9.26. The van der Waals surface area contributed by atoms with Gasteiger partial charge in [0.25, 0.3) is 0 Å². The minimum Gasteiger partial charge on any atom is -0.453 e. The highest BCUT2D eigenvalue weighted by Gasteiger charge is 2.36. The molecule has 2 saturated heterocycles. The van der Waals surface area contributed by atoms with Gasteiger partial charge in [-0.3, -0.25) is 4.90 Å². The van der Waals surface area contributed by atoms with Gasteiger partial charge in [-0.1, -0.05) is 0 Å². The summed E-state index contributed by atoms with van der Waals surface area (Å²) in [5.74, 6) is 1.01. The summed E-state index contributed by atoms with van der Waals surface area (Å²) in [4.78, 5) is 2.45. The van der Waals surface area contributed by atoms with Gasteiger partial charge in [-0.25, -0.2) is 0 Å². The average Bonchev–Trinajstić information content (AvgIpc) is 2.71. The molecule has 0 aromatic carbocycles. The number of furan rings is 1. The van der Waals surface area contributed by atoms with Crippen LogP contribution in [0.15, 0.2) is 21.2 Å². The number of halogens is 1. The smallest absolute Gasteiger partial charge is 0.169 e. The maximum Gasteiger partial charge on any atom is 0.169 e. The van der Waals surface area contributed by atoms with Crippen molar-refractivity contribution in [2.24, 2.45) is 5.41 Å². The molecule has 3 heterocycles. The molecule has 0 N–H and O–H groups in total. The number of rotatable bonds is 2. The van der Waals surface area contributed by atoms with Gasteiger partial charge in [0.1, 0.15) is 5.76 Å². The summed E-state index contributed by atoms with van der Waals surface area (Å²) in [6, 6.07) is 3.99. The molecule has 0 atom stereocenters. The lowest BCUT2D eigenvalue weighted by molar-refractivity contribution is -0.0322. The molecule has 1 aromatic rings. The lowest BCUT2D eigenvalue weighted by atomic mass is 9.80. The second-order valence-electron chi connectivity index (χ2n) is 5.58.